The first-order valence-corrected chi connectivity index (χ1v) is 7.15. The number of fused-ring (bicyclic) bond motifs is 1. The topological polar surface area (TPSA) is 90.8 Å². The van der Waals surface area contributed by atoms with Gasteiger partial charge in [0.05, 0.1) is 12.3 Å². The highest BCUT2D eigenvalue weighted by molar-refractivity contribution is 5.91. The first kappa shape index (κ1) is 14.1. The first-order valence-electron chi connectivity index (χ1n) is 7.15. The number of carbonyl (C=O) groups excluding carboxylic acids is 1. The largest absolute Gasteiger partial charge is 0.493 e. The molecule has 1 aliphatic heterocycles. The maximum absolute atomic E-state index is 12.3. The van der Waals surface area contributed by atoms with Crippen molar-refractivity contribution < 1.29 is 9.53 Å². The van der Waals surface area contributed by atoms with Crippen LogP contribution in [-0.4, -0.2) is 22.7 Å². The molecule has 2 aromatic rings. The van der Waals surface area contributed by atoms with Gasteiger partial charge >= 0.3 is 0 Å². The number of ether oxygens (including phenoxy) is 1. The summed E-state index contributed by atoms with van der Waals surface area (Å²) in [5, 5.41) is 18.5. The van der Waals surface area contributed by atoms with Crippen molar-refractivity contribution in [3.8, 4) is 11.8 Å². The Morgan fingerprint density at radius 2 is 2.36 bits per heavy atom. The molecule has 1 atom stereocenters. The van der Waals surface area contributed by atoms with Crippen LogP contribution in [0.25, 0.3) is 0 Å². The lowest BCUT2D eigenvalue weighted by Crippen LogP contribution is -2.21. The molecule has 6 heteroatoms. The second-order valence-electron chi connectivity index (χ2n) is 5.31. The molecule has 1 amide bonds. The van der Waals surface area contributed by atoms with Crippen LogP contribution in [-0.2, 0) is 4.79 Å². The Hall–Kier alpha value is -2.81. The molecule has 0 aliphatic carbocycles. The molecule has 0 bridgehead atoms. The van der Waals surface area contributed by atoms with E-state index < -0.39 is 0 Å². The number of nitrogens with zero attached hydrogens (tertiary/aromatic N) is 2. The van der Waals surface area contributed by atoms with Gasteiger partial charge in [-0.05, 0) is 30.9 Å². The smallest absolute Gasteiger partial charge is 0.226 e. The zero-order valence-corrected chi connectivity index (χ0v) is 12.2. The number of aromatic amines is 1. The van der Waals surface area contributed by atoms with E-state index in [1.807, 2.05) is 30.3 Å². The average molecular weight is 296 g/mol. The van der Waals surface area contributed by atoms with Gasteiger partial charge in [0.15, 0.2) is 5.82 Å². The van der Waals surface area contributed by atoms with E-state index in [2.05, 4.69) is 15.5 Å². The summed E-state index contributed by atoms with van der Waals surface area (Å²) >= 11 is 0. The van der Waals surface area contributed by atoms with Gasteiger partial charge < -0.3 is 10.1 Å². The summed E-state index contributed by atoms with van der Waals surface area (Å²) in [5.41, 5.74) is 2.08. The molecule has 0 saturated heterocycles. The van der Waals surface area contributed by atoms with Crippen LogP contribution < -0.4 is 10.1 Å². The molecule has 1 aromatic heterocycles. The Balaban J connectivity index is 1.72. The van der Waals surface area contributed by atoms with Gasteiger partial charge in [-0.25, -0.2) is 0 Å². The van der Waals surface area contributed by atoms with E-state index in [4.69, 9.17) is 10.00 Å². The lowest BCUT2D eigenvalue weighted by atomic mass is 9.90. The third-order valence-electron chi connectivity index (χ3n) is 3.83. The molecule has 2 heterocycles. The molecule has 0 radical (unpaired) electrons. The summed E-state index contributed by atoms with van der Waals surface area (Å²) in [6.07, 6.45) is 1.15. The number of carbonyl (C=O) groups is 1. The highest BCUT2D eigenvalue weighted by Crippen LogP contribution is 2.35. The van der Waals surface area contributed by atoms with Crippen molar-refractivity contribution >= 4 is 11.7 Å². The predicted octanol–water partition coefficient (Wildman–Crippen LogP) is 2.48. The van der Waals surface area contributed by atoms with Gasteiger partial charge in [0.25, 0.3) is 0 Å². The highest BCUT2D eigenvalue weighted by atomic mass is 16.5. The standard InChI is InChI=1S/C16H16N4O2/c1-10-13(9-17)16(20-19-10)18-15(21)8-11-6-7-22-14-5-3-2-4-12(11)14/h2-5,11H,6-8H2,1H3,(H2,18,19,20,21). The lowest BCUT2D eigenvalue weighted by Gasteiger charge is -2.25. The van der Waals surface area contributed by atoms with Gasteiger partial charge in [0, 0.05) is 6.42 Å². The van der Waals surface area contributed by atoms with Crippen molar-refractivity contribution in [1.82, 2.24) is 10.2 Å². The number of anilines is 1. The number of H-pyrrole nitrogens is 1. The van der Waals surface area contributed by atoms with Gasteiger partial charge in [-0.15, -0.1) is 0 Å². The molecule has 112 valence electrons. The van der Waals surface area contributed by atoms with Crippen molar-refractivity contribution in [1.29, 1.82) is 5.26 Å². The van der Waals surface area contributed by atoms with Crippen LogP contribution in [0.1, 0.15) is 35.6 Å². The Bertz CT molecular complexity index is 745. The number of hydrogen-bond donors (Lipinski definition) is 2. The molecule has 6 nitrogen and oxygen atoms in total. The van der Waals surface area contributed by atoms with Crippen molar-refractivity contribution in [3.05, 3.63) is 41.1 Å². The van der Waals surface area contributed by atoms with Gasteiger partial charge in [0.2, 0.25) is 5.91 Å². The maximum atomic E-state index is 12.3. The Labute approximate surface area is 128 Å². The minimum Gasteiger partial charge on any atom is -0.493 e. The molecule has 2 N–H and O–H groups in total. The van der Waals surface area contributed by atoms with E-state index in [1.165, 1.54) is 0 Å². The molecule has 0 spiro atoms. The molecule has 1 aliphatic rings. The van der Waals surface area contributed by atoms with Crippen molar-refractivity contribution in [3.63, 3.8) is 0 Å². The third kappa shape index (κ3) is 2.66. The molecule has 1 aromatic carbocycles. The Morgan fingerprint density at radius 1 is 1.55 bits per heavy atom. The fourth-order valence-corrected chi connectivity index (χ4v) is 2.69. The van der Waals surface area contributed by atoms with Gasteiger partial charge in [0.1, 0.15) is 17.4 Å². The van der Waals surface area contributed by atoms with Gasteiger partial charge in [-0.3, -0.25) is 9.89 Å². The number of amides is 1. The van der Waals surface area contributed by atoms with Crippen LogP contribution in [0.4, 0.5) is 5.82 Å². The highest BCUT2D eigenvalue weighted by Gasteiger charge is 2.24. The van der Waals surface area contributed by atoms with E-state index in [-0.39, 0.29) is 11.8 Å². The first-order chi connectivity index (χ1) is 10.7. The van der Waals surface area contributed by atoms with E-state index >= 15 is 0 Å². The summed E-state index contributed by atoms with van der Waals surface area (Å²) < 4.78 is 5.60. The van der Waals surface area contributed by atoms with E-state index in [1.54, 1.807) is 6.92 Å². The fraction of sp³-hybridized carbons (Fsp3) is 0.312. The lowest BCUT2D eigenvalue weighted by molar-refractivity contribution is -0.116. The molecule has 22 heavy (non-hydrogen) atoms. The number of aryl methyl sites for hydroxylation is 1. The van der Waals surface area contributed by atoms with E-state index in [0.29, 0.717) is 30.1 Å². The van der Waals surface area contributed by atoms with Crippen LogP contribution in [0.5, 0.6) is 5.75 Å². The summed E-state index contributed by atoms with van der Waals surface area (Å²) in [4.78, 5) is 12.3. The van der Waals surface area contributed by atoms with Gasteiger partial charge in [-0.1, -0.05) is 18.2 Å². The number of hydrogen-bond acceptors (Lipinski definition) is 4. The number of nitriles is 1. The van der Waals surface area contributed by atoms with Crippen LogP contribution >= 0.6 is 0 Å². The fourth-order valence-electron chi connectivity index (χ4n) is 2.69. The second-order valence-corrected chi connectivity index (χ2v) is 5.31. The Kier molecular flexibility index (Phi) is 3.79. The molecular weight excluding hydrogens is 280 g/mol. The van der Waals surface area contributed by atoms with Crippen molar-refractivity contribution in [2.24, 2.45) is 0 Å². The minimum atomic E-state index is -0.148. The molecule has 0 saturated carbocycles. The Morgan fingerprint density at radius 3 is 3.18 bits per heavy atom. The quantitative estimate of drug-likeness (QED) is 0.910. The number of aromatic nitrogens is 2. The summed E-state index contributed by atoms with van der Waals surface area (Å²) in [5.74, 6) is 1.12. The van der Waals surface area contributed by atoms with Crippen molar-refractivity contribution in [2.45, 2.75) is 25.7 Å². The SMILES string of the molecule is Cc1[nH]nc(NC(=O)CC2CCOc3ccccc32)c1C#N. The van der Waals surface area contributed by atoms with Crippen LogP contribution in [0, 0.1) is 18.3 Å². The summed E-state index contributed by atoms with van der Waals surface area (Å²) in [7, 11) is 0. The molecule has 0 fully saturated rings. The average Bonchev–Trinajstić information content (AvgIpc) is 2.87. The van der Waals surface area contributed by atoms with Crippen LogP contribution in [0.15, 0.2) is 24.3 Å². The second kappa shape index (κ2) is 5.90. The van der Waals surface area contributed by atoms with Crippen LogP contribution in [0.3, 0.4) is 0 Å². The third-order valence-corrected chi connectivity index (χ3v) is 3.83. The molecular formula is C16H16N4O2. The summed E-state index contributed by atoms with van der Waals surface area (Å²) in [6.45, 7) is 2.36. The molecule has 3 rings (SSSR count). The van der Waals surface area contributed by atoms with Gasteiger partial charge in [-0.2, -0.15) is 10.4 Å². The maximum Gasteiger partial charge on any atom is 0.226 e. The molecule has 1 unspecified atom stereocenters. The number of rotatable bonds is 3. The zero-order chi connectivity index (χ0) is 15.5. The zero-order valence-electron chi connectivity index (χ0n) is 12.2. The normalized spacial score (nSPS) is 16.3. The monoisotopic (exact) mass is 296 g/mol. The number of para-hydroxylation sites is 1. The van der Waals surface area contributed by atoms with Crippen molar-refractivity contribution in [2.75, 3.05) is 11.9 Å². The number of benzene rings is 1. The number of nitrogens with one attached hydrogen (secondary N) is 2. The van der Waals surface area contributed by atoms with E-state index in [0.717, 1.165) is 17.7 Å². The van der Waals surface area contributed by atoms with E-state index in [9.17, 15) is 4.79 Å². The summed E-state index contributed by atoms with van der Waals surface area (Å²) in [6, 6.07) is 9.82. The van der Waals surface area contributed by atoms with Crippen LogP contribution in [0.2, 0.25) is 0 Å². The predicted molar refractivity (Wildman–Crippen MR) is 80.6 cm³/mol. The minimum absolute atomic E-state index is 0.121.